The van der Waals surface area contributed by atoms with Gasteiger partial charge in [-0.25, -0.2) is 4.79 Å². The highest BCUT2D eigenvalue weighted by atomic mass is 16.6. The van der Waals surface area contributed by atoms with E-state index in [9.17, 15) is 4.79 Å². The maximum Gasteiger partial charge on any atom is 0.633 e. The van der Waals surface area contributed by atoms with Gasteiger partial charge in [-0.2, -0.15) is 0 Å². The summed E-state index contributed by atoms with van der Waals surface area (Å²) < 4.78 is 9.30. The van der Waals surface area contributed by atoms with Gasteiger partial charge in [0, 0.05) is 6.54 Å². The molecule has 7 heteroatoms. The molecule has 0 saturated heterocycles. The Kier molecular flexibility index (Phi) is 6.09. The minimum absolute atomic E-state index is 0.00188. The van der Waals surface area contributed by atoms with Crippen LogP contribution in [-0.4, -0.2) is 36.6 Å². The van der Waals surface area contributed by atoms with Crippen LogP contribution in [0.15, 0.2) is 30.3 Å². The fraction of sp³-hybridized carbons (Fsp3) is 0.300. The van der Waals surface area contributed by atoms with Crippen molar-refractivity contribution >= 4 is 13.4 Å². The van der Waals surface area contributed by atoms with Crippen LogP contribution in [0.4, 0.5) is 4.79 Å². The zero-order valence-electron chi connectivity index (χ0n) is 9.20. The van der Waals surface area contributed by atoms with Crippen molar-refractivity contribution in [2.75, 3.05) is 13.2 Å². The van der Waals surface area contributed by atoms with E-state index in [-0.39, 0.29) is 19.8 Å². The van der Waals surface area contributed by atoms with Crippen LogP contribution >= 0.6 is 0 Å². The highest BCUT2D eigenvalue weighted by molar-refractivity contribution is 6.32. The van der Waals surface area contributed by atoms with Gasteiger partial charge in [-0.15, -0.1) is 0 Å². The van der Waals surface area contributed by atoms with E-state index in [1.165, 1.54) is 0 Å². The third-order valence-electron chi connectivity index (χ3n) is 1.85. The van der Waals surface area contributed by atoms with E-state index in [1.54, 1.807) is 0 Å². The van der Waals surface area contributed by atoms with Crippen LogP contribution < -0.4 is 5.32 Å². The second kappa shape index (κ2) is 7.67. The average Bonchev–Trinajstić information content (AvgIpc) is 2.33. The summed E-state index contributed by atoms with van der Waals surface area (Å²) in [5.41, 5.74) is 0.893. The molecule has 0 aliphatic heterocycles. The van der Waals surface area contributed by atoms with Crippen molar-refractivity contribution in [3.05, 3.63) is 35.9 Å². The molecule has 0 aliphatic rings. The summed E-state index contributed by atoms with van der Waals surface area (Å²) in [5, 5.41) is 19.1. The van der Waals surface area contributed by atoms with Gasteiger partial charge in [-0.3, -0.25) is 0 Å². The largest absolute Gasteiger partial charge is 0.633 e. The first kappa shape index (κ1) is 13.5. The number of benzene rings is 1. The van der Waals surface area contributed by atoms with E-state index in [0.717, 1.165) is 5.56 Å². The molecular formula is C10H14BNO5. The third kappa shape index (κ3) is 6.57. The van der Waals surface area contributed by atoms with Crippen molar-refractivity contribution in [1.29, 1.82) is 0 Å². The van der Waals surface area contributed by atoms with Crippen molar-refractivity contribution in [2.45, 2.75) is 6.61 Å². The maximum absolute atomic E-state index is 11.1. The summed E-state index contributed by atoms with van der Waals surface area (Å²) in [6.45, 7) is 0.333. The van der Waals surface area contributed by atoms with Crippen LogP contribution in [0.3, 0.4) is 0 Å². The predicted octanol–water partition coefficient (Wildman–Crippen LogP) is -0.101. The molecule has 1 aromatic carbocycles. The van der Waals surface area contributed by atoms with Gasteiger partial charge in [0.15, 0.2) is 0 Å². The molecule has 92 valence electrons. The topological polar surface area (TPSA) is 88.0 Å². The number of nitrogens with one attached hydrogen (secondary N) is 1. The Morgan fingerprint density at radius 2 is 2.00 bits per heavy atom. The summed E-state index contributed by atoms with van der Waals surface area (Å²) in [7, 11) is -1.82. The standard InChI is InChI=1S/C10H14BNO5/c13-10(12-6-7-17-11(14)15)16-8-9-4-2-1-3-5-9/h1-5,14-15H,6-8H2,(H,12,13). The normalized spacial score (nSPS) is 9.76. The SMILES string of the molecule is O=C(NCCOB(O)O)OCc1ccccc1. The Balaban J connectivity index is 2.09. The van der Waals surface area contributed by atoms with Gasteiger partial charge in [0.05, 0.1) is 6.61 Å². The van der Waals surface area contributed by atoms with Gasteiger partial charge in [-0.1, -0.05) is 30.3 Å². The fourth-order valence-electron chi connectivity index (χ4n) is 1.09. The number of carbonyl (C=O) groups excluding carboxylic acids is 1. The number of hydrogen-bond donors (Lipinski definition) is 3. The zero-order chi connectivity index (χ0) is 12.5. The van der Waals surface area contributed by atoms with Crippen LogP contribution in [0.1, 0.15) is 5.56 Å². The van der Waals surface area contributed by atoms with E-state index in [4.69, 9.17) is 14.8 Å². The highest BCUT2D eigenvalue weighted by Gasteiger charge is 2.08. The third-order valence-corrected chi connectivity index (χ3v) is 1.85. The van der Waals surface area contributed by atoms with Gasteiger partial charge in [0.1, 0.15) is 6.61 Å². The smallest absolute Gasteiger partial charge is 0.445 e. The number of rotatable bonds is 6. The van der Waals surface area contributed by atoms with Crippen LogP contribution in [0.2, 0.25) is 0 Å². The summed E-state index contributed by atoms with van der Waals surface area (Å²) in [6.07, 6.45) is -0.579. The molecule has 0 fully saturated rings. The number of ether oxygens (including phenoxy) is 1. The molecule has 0 bridgehead atoms. The second-order valence-electron chi connectivity index (χ2n) is 3.19. The summed E-state index contributed by atoms with van der Waals surface area (Å²) >= 11 is 0. The number of carbonyl (C=O) groups is 1. The lowest BCUT2D eigenvalue weighted by atomic mass is 10.2. The molecule has 0 spiro atoms. The monoisotopic (exact) mass is 239 g/mol. The molecule has 0 aliphatic carbocycles. The number of amides is 1. The minimum Gasteiger partial charge on any atom is -0.445 e. The highest BCUT2D eigenvalue weighted by Crippen LogP contribution is 2.00. The minimum atomic E-state index is -1.82. The van der Waals surface area contributed by atoms with Gasteiger partial charge in [0.25, 0.3) is 0 Å². The summed E-state index contributed by atoms with van der Waals surface area (Å²) in [5.74, 6) is 0. The molecule has 3 N–H and O–H groups in total. The fourth-order valence-corrected chi connectivity index (χ4v) is 1.09. The maximum atomic E-state index is 11.1. The molecule has 6 nitrogen and oxygen atoms in total. The Morgan fingerprint density at radius 1 is 1.29 bits per heavy atom. The molecule has 0 atom stereocenters. The van der Waals surface area contributed by atoms with Crippen LogP contribution in [0.25, 0.3) is 0 Å². The summed E-state index contributed by atoms with van der Waals surface area (Å²) in [6, 6.07) is 9.28. The Bertz CT molecular complexity index is 333. The molecule has 1 amide bonds. The lowest BCUT2D eigenvalue weighted by molar-refractivity contribution is 0.134. The average molecular weight is 239 g/mol. The Labute approximate surface area is 99.3 Å². The predicted molar refractivity (Wildman–Crippen MR) is 60.8 cm³/mol. The van der Waals surface area contributed by atoms with Gasteiger partial charge in [-0.05, 0) is 5.56 Å². The molecule has 0 unspecified atom stereocenters. The van der Waals surface area contributed by atoms with Crippen LogP contribution in [0.5, 0.6) is 0 Å². The van der Waals surface area contributed by atoms with E-state index < -0.39 is 13.4 Å². The number of alkyl carbamates (subject to hydrolysis) is 1. The van der Waals surface area contributed by atoms with E-state index in [2.05, 4.69) is 9.97 Å². The number of hydrogen-bond acceptors (Lipinski definition) is 5. The molecule has 0 saturated carbocycles. The first-order valence-electron chi connectivity index (χ1n) is 5.11. The first-order chi connectivity index (χ1) is 8.18. The summed E-state index contributed by atoms with van der Waals surface area (Å²) in [4.78, 5) is 11.1. The van der Waals surface area contributed by atoms with Crippen molar-refractivity contribution in [3.8, 4) is 0 Å². The molecule has 1 aromatic rings. The van der Waals surface area contributed by atoms with Gasteiger partial charge in [0.2, 0.25) is 0 Å². The van der Waals surface area contributed by atoms with Crippen molar-refractivity contribution < 1.29 is 24.2 Å². The zero-order valence-corrected chi connectivity index (χ0v) is 9.20. The molecule has 17 heavy (non-hydrogen) atoms. The van der Waals surface area contributed by atoms with E-state index >= 15 is 0 Å². The van der Waals surface area contributed by atoms with E-state index in [1.807, 2.05) is 30.3 Å². The first-order valence-corrected chi connectivity index (χ1v) is 5.11. The molecule has 0 radical (unpaired) electrons. The quantitative estimate of drug-likeness (QED) is 0.476. The van der Waals surface area contributed by atoms with Gasteiger partial charge >= 0.3 is 13.4 Å². The van der Waals surface area contributed by atoms with E-state index in [0.29, 0.717) is 0 Å². The van der Waals surface area contributed by atoms with Crippen molar-refractivity contribution in [2.24, 2.45) is 0 Å². The van der Waals surface area contributed by atoms with Crippen molar-refractivity contribution in [3.63, 3.8) is 0 Å². The Hall–Kier alpha value is -1.57. The van der Waals surface area contributed by atoms with Gasteiger partial charge < -0.3 is 24.8 Å². The molecule has 0 aromatic heterocycles. The van der Waals surface area contributed by atoms with Crippen molar-refractivity contribution in [1.82, 2.24) is 5.32 Å². The van der Waals surface area contributed by atoms with Crippen LogP contribution in [-0.2, 0) is 16.0 Å². The molecular weight excluding hydrogens is 225 g/mol. The second-order valence-corrected chi connectivity index (χ2v) is 3.19. The lowest BCUT2D eigenvalue weighted by Gasteiger charge is -2.07. The Morgan fingerprint density at radius 3 is 2.65 bits per heavy atom. The van der Waals surface area contributed by atoms with Crippen LogP contribution in [0, 0.1) is 0 Å². The lowest BCUT2D eigenvalue weighted by Crippen LogP contribution is -2.30. The molecule has 0 heterocycles. The molecule has 1 rings (SSSR count).